The first-order valence-corrected chi connectivity index (χ1v) is 8.76. The Kier molecular flexibility index (Phi) is 4.64. The number of nitrogens with two attached hydrogens (primary N) is 1. The Bertz CT molecular complexity index is 587. The Labute approximate surface area is 136 Å². The van der Waals surface area contributed by atoms with E-state index in [-0.39, 0.29) is 24.8 Å². The van der Waals surface area contributed by atoms with Gasteiger partial charge in [-0.1, -0.05) is 6.42 Å². The van der Waals surface area contributed by atoms with Crippen LogP contribution in [0.2, 0.25) is 0 Å². The van der Waals surface area contributed by atoms with E-state index in [1.165, 1.54) is 11.3 Å². The van der Waals surface area contributed by atoms with E-state index in [2.05, 4.69) is 10.3 Å². The molecule has 23 heavy (non-hydrogen) atoms. The van der Waals surface area contributed by atoms with Crippen LogP contribution in [0.25, 0.3) is 0 Å². The van der Waals surface area contributed by atoms with Crippen LogP contribution in [0.1, 0.15) is 42.7 Å². The van der Waals surface area contributed by atoms with Gasteiger partial charge in [0.15, 0.2) is 5.13 Å². The second-order valence-electron chi connectivity index (χ2n) is 6.48. The molecule has 1 aromatic heterocycles. The molecule has 0 bridgehead atoms. The summed E-state index contributed by atoms with van der Waals surface area (Å²) >= 11 is 1.39. The maximum atomic E-state index is 12.8. The van der Waals surface area contributed by atoms with Gasteiger partial charge in [-0.2, -0.15) is 13.2 Å². The highest BCUT2D eigenvalue weighted by atomic mass is 32.1. The van der Waals surface area contributed by atoms with Crippen molar-refractivity contribution in [1.29, 1.82) is 0 Å². The predicted octanol–water partition coefficient (Wildman–Crippen LogP) is 3.27. The van der Waals surface area contributed by atoms with Gasteiger partial charge < -0.3 is 11.1 Å². The van der Waals surface area contributed by atoms with Gasteiger partial charge in [-0.25, -0.2) is 4.98 Å². The molecule has 1 amide bonds. The lowest BCUT2D eigenvalue weighted by Crippen LogP contribution is -2.34. The normalized spacial score (nSPS) is 28.3. The smallest absolute Gasteiger partial charge is 0.327 e. The van der Waals surface area contributed by atoms with Gasteiger partial charge in [0.25, 0.3) is 0 Å². The molecule has 128 valence electrons. The van der Waals surface area contributed by atoms with Gasteiger partial charge in [0, 0.05) is 16.8 Å². The second kappa shape index (κ2) is 6.39. The van der Waals surface area contributed by atoms with Crippen LogP contribution in [0.4, 0.5) is 18.3 Å². The van der Waals surface area contributed by atoms with E-state index in [0.717, 1.165) is 29.8 Å². The summed E-state index contributed by atoms with van der Waals surface area (Å²) in [6, 6.07) is 0.123. The number of halogens is 3. The molecule has 4 nitrogen and oxygen atoms in total. The quantitative estimate of drug-likeness (QED) is 0.863. The summed E-state index contributed by atoms with van der Waals surface area (Å²) in [7, 11) is 0. The molecule has 1 heterocycles. The zero-order valence-corrected chi connectivity index (χ0v) is 13.5. The number of alkyl halides is 3. The highest BCUT2D eigenvalue weighted by Gasteiger charge is 2.43. The average molecular weight is 347 g/mol. The molecule has 2 aliphatic carbocycles. The van der Waals surface area contributed by atoms with Crippen molar-refractivity contribution < 1.29 is 18.0 Å². The van der Waals surface area contributed by atoms with Crippen molar-refractivity contribution in [2.75, 3.05) is 5.32 Å². The topological polar surface area (TPSA) is 68.0 Å². The molecule has 1 saturated carbocycles. The van der Waals surface area contributed by atoms with Gasteiger partial charge in [-0.3, -0.25) is 4.79 Å². The fourth-order valence-corrected chi connectivity index (χ4v) is 4.49. The average Bonchev–Trinajstić information content (AvgIpc) is 2.87. The minimum Gasteiger partial charge on any atom is -0.327 e. The van der Waals surface area contributed by atoms with Gasteiger partial charge in [-0.05, 0) is 38.5 Å². The van der Waals surface area contributed by atoms with Crippen LogP contribution in [-0.4, -0.2) is 23.1 Å². The summed E-state index contributed by atoms with van der Waals surface area (Å²) in [5, 5.41) is 3.21. The lowest BCUT2D eigenvalue weighted by molar-refractivity contribution is -0.185. The summed E-state index contributed by atoms with van der Waals surface area (Å²) in [6.07, 6.45) is -0.845. The molecular weight excluding hydrogens is 327 g/mol. The fourth-order valence-electron chi connectivity index (χ4n) is 3.39. The summed E-state index contributed by atoms with van der Waals surface area (Å²) in [5.74, 6) is -2.29. The maximum Gasteiger partial charge on any atom is 0.391 e. The lowest BCUT2D eigenvalue weighted by atomic mass is 9.80. The number of thiazole rings is 1. The highest BCUT2D eigenvalue weighted by Crippen LogP contribution is 2.40. The second-order valence-corrected chi connectivity index (χ2v) is 7.57. The zero-order chi connectivity index (χ0) is 16.6. The summed E-state index contributed by atoms with van der Waals surface area (Å²) in [4.78, 5) is 17.8. The fraction of sp³-hybridized carbons (Fsp3) is 0.733. The molecule has 1 fully saturated rings. The Hall–Kier alpha value is -1.15. The van der Waals surface area contributed by atoms with E-state index in [9.17, 15) is 18.0 Å². The van der Waals surface area contributed by atoms with E-state index in [0.29, 0.717) is 18.0 Å². The maximum absolute atomic E-state index is 12.8. The number of fused-ring (bicyclic) bond motifs is 1. The van der Waals surface area contributed by atoms with Crippen LogP contribution in [-0.2, 0) is 17.6 Å². The number of nitrogens with zero attached hydrogens (tertiary/aromatic N) is 1. The minimum atomic E-state index is -4.21. The molecule has 3 rings (SSSR count). The van der Waals surface area contributed by atoms with Crippen molar-refractivity contribution >= 4 is 22.4 Å². The number of hydrogen-bond donors (Lipinski definition) is 2. The number of aryl methyl sites for hydroxylation is 1. The lowest BCUT2D eigenvalue weighted by Gasteiger charge is -2.29. The monoisotopic (exact) mass is 347 g/mol. The molecule has 2 aliphatic rings. The van der Waals surface area contributed by atoms with Crippen LogP contribution in [0.3, 0.4) is 0 Å². The number of rotatable bonds is 2. The number of anilines is 1. The predicted molar refractivity (Wildman–Crippen MR) is 82.2 cm³/mol. The Morgan fingerprint density at radius 2 is 2.09 bits per heavy atom. The van der Waals surface area contributed by atoms with E-state index in [1.54, 1.807) is 0 Å². The molecular formula is C15H20F3N3OS. The SMILES string of the molecule is N[C@H]1CCc2nc(NC(=O)C3CCCC(C(F)(F)F)C3)sc2C1. The van der Waals surface area contributed by atoms with Crippen LogP contribution < -0.4 is 11.1 Å². The Morgan fingerprint density at radius 3 is 2.83 bits per heavy atom. The van der Waals surface area contributed by atoms with E-state index >= 15 is 0 Å². The third-order valence-corrected chi connectivity index (χ3v) is 5.75. The molecule has 0 radical (unpaired) electrons. The van der Waals surface area contributed by atoms with Gasteiger partial charge in [0.1, 0.15) is 0 Å². The van der Waals surface area contributed by atoms with Crippen LogP contribution in [0, 0.1) is 11.8 Å². The molecule has 0 spiro atoms. The van der Waals surface area contributed by atoms with Crippen LogP contribution in [0.15, 0.2) is 0 Å². The number of aromatic nitrogens is 1. The third kappa shape index (κ3) is 3.85. The Morgan fingerprint density at radius 1 is 1.30 bits per heavy atom. The minimum absolute atomic E-state index is 0.120. The van der Waals surface area contributed by atoms with Crippen LogP contribution in [0.5, 0.6) is 0 Å². The number of hydrogen-bond acceptors (Lipinski definition) is 4. The third-order valence-electron chi connectivity index (χ3n) is 4.72. The zero-order valence-electron chi connectivity index (χ0n) is 12.7. The van der Waals surface area contributed by atoms with Crippen LogP contribution >= 0.6 is 11.3 Å². The van der Waals surface area contributed by atoms with Gasteiger partial charge in [0.05, 0.1) is 11.6 Å². The number of carbonyl (C=O) groups excluding carboxylic acids is 1. The largest absolute Gasteiger partial charge is 0.391 e. The van der Waals surface area contributed by atoms with Crippen molar-refractivity contribution in [1.82, 2.24) is 4.98 Å². The van der Waals surface area contributed by atoms with Crippen molar-refractivity contribution in [3.8, 4) is 0 Å². The Balaban J connectivity index is 1.63. The standard InChI is InChI=1S/C15H20F3N3OS/c16-15(17,18)9-3-1-2-8(6-9)13(22)21-14-20-11-5-4-10(19)7-12(11)23-14/h8-10H,1-7,19H2,(H,20,21,22)/t8?,9?,10-/m0/s1. The molecule has 3 N–H and O–H groups in total. The van der Waals surface area contributed by atoms with Crippen molar-refractivity contribution in [3.63, 3.8) is 0 Å². The number of nitrogens with one attached hydrogen (secondary N) is 1. The summed E-state index contributed by atoms with van der Waals surface area (Å²) < 4.78 is 38.5. The molecule has 1 aromatic rings. The van der Waals surface area contributed by atoms with Crippen molar-refractivity contribution in [2.45, 2.75) is 57.2 Å². The highest BCUT2D eigenvalue weighted by molar-refractivity contribution is 7.15. The van der Waals surface area contributed by atoms with E-state index < -0.39 is 18.0 Å². The van der Waals surface area contributed by atoms with E-state index in [1.807, 2.05) is 0 Å². The first-order chi connectivity index (χ1) is 10.8. The van der Waals surface area contributed by atoms with Gasteiger partial charge >= 0.3 is 6.18 Å². The number of amides is 1. The van der Waals surface area contributed by atoms with Crippen molar-refractivity contribution in [3.05, 3.63) is 10.6 Å². The number of carbonyl (C=O) groups is 1. The summed E-state index contributed by atoms with van der Waals surface area (Å²) in [5.41, 5.74) is 6.88. The summed E-state index contributed by atoms with van der Waals surface area (Å²) in [6.45, 7) is 0. The van der Waals surface area contributed by atoms with Crippen molar-refractivity contribution in [2.24, 2.45) is 17.6 Å². The first kappa shape index (κ1) is 16.7. The van der Waals surface area contributed by atoms with Gasteiger partial charge in [0.2, 0.25) is 5.91 Å². The molecule has 2 unspecified atom stereocenters. The molecule has 8 heteroatoms. The molecule has 0 aliphatic heterocycles. The van der Waals surface area contributed by atoms with E-state index in [4.69, 9.17) is 5.73 Å². The first-order valence-electron chi connectivity index (χ1n) is 7.94. The van der Waals surface area contributed by atoms with Gasteiger partial charge in [-0.15, -0.1) is 11.3 Å². The molecule has 0 aromatic carbocycles. The molecule has 3 atom stereocenters. The molecule has 0 saturated heterocycles.